The van der Waals surface area contributed by atoms with Crippen molar-refractivity contribution in [3.8, 4) is 0 Å². The van der Waals surface area contributed by atoms with Crippen molar-refractivity contribution < 1.29 is 0 Å². The summed E-state index contributed by atoms with van der Waals surface area (Å²) in [6, 6.07) is 6.29. The van der Waals surface area contributed by atoms with Gasteiger partial charge in [0.25, 0.3) is 0 Å². The molecule has 0 fully saturated rings. The van der Waals surface area contributed by atoms with Crippen molar-refractivity contribution in [2.75, 3.05) is 0 Å². The molecule has 1 atom stereocenters. The molecule has 1 aromatic rings. The zero-order valence-electron chi connectivity index (χ0n) is 8.39. The molecule has 1 rings (SSSR count). The van der Waals surface area contributed by atoms with Gasteiger partial charge in [0.2, 0.25) is 7.38 Å². The minimum atomic E-state index is -1.89. The van der Waals surface area contributed by atoms with E-state index < -0.39 is 7.38 Å². The van der Waals surface area contributed by atoms with E-state index in [4.69, 9.17) is 11.1 Å². The van der Waals surface area contributed by atoms with Crippen molar-refractivity contribution in [2.45, 2.75) is 20.4 Å². The summed E-state index contributed by atoms with van der Waals surface area (Å²) >= 11 is 6.44. The Morgan fingerprint density at radius 1 is 1.38 bits per heavy atom. The first kappa shape index (κ1) is 10.5. The van der Waals surface area contributed by atoms with Crippen LogP contribution < -0.4 is 5.19 Å². The van der Waals surface area contributed by atoms with Gasteiger partial charge in [-0.3, -0.25) is 0 Å². The van der Waals surface area contributed by atoms with Gasteiger partial charge in [-0.25, -0.2) is 0 Å². The molecule has 0 aromatic heterocycles. The highest BCUT2D eigenvalue weighted by molar-refractivity contribution is 7.29. The summed E-state index contributed by atoms with van der Waals surface area (Å²) < 4.78 is 0. The van der Waals surface area contributed by atoms with Crippen LogP contribution in [0.2, 0.25) is 6.55 Å². The second-order valence-electron chi connectivity index (χ2n) is 3.53. The summed E-state index contributed by atoms with van der Waals surface area (Å²) in [5.74, 6) is 0. The molecule has 0 spiro atoms. The number of rotatable bonds is 2. The number of halogens is 1. The van der Waals surface area contributed by atoms with E-state index in [-0.39, 0.29) is 0 Å². The third kappa shape index (κ3) is 2.04. The zero-order chi connectivity index (χ0) is 10.1. The summed E-state index contributed by atoms with van der Waals surface area (Å²) in [5.41, 5.74) is 4.53. The molecule has 0 amide bonds. The first-order valence-corrected chi connectivity index (χ1v) is 7.97. The lowest BCUT2D eigenvalue weighted by Gasteiger charge is -2.18. The van der Waals surface area contributed by atoms with Gasteiger partial charge in [0.05, 0.1) is 0 Å². The average Bonchev–Trinajstić information content (AvgIpc) is 2.09. The molecule has 0 aliphatic rings. The molecule has 0 aliphatic heterocycles. The maximum absolute atomic E-state index is 6.44. The Balaban J connectivity index is 3.30. The number of benzene rings is 1. The molecule has 0 saturated heterocycles. The number of hydrogen-bond donors (Lipinski definition) is 0. The van der Waals surface area contributed by atoms with E-state index in [0.717, 1.165) is 0 Å². The van der Waals surface area contributed by atoms with Crippen LogP contribution in [0.25, 0.3) is 0 Å². The minimum absolute atomic E-state index is 1.28. The summed E-state index contributed by atoms with van der Waals surface area (Å²) in [6.07, 6.45) is 0. The van der Waals surface area contributed by atoms with Crippen molar-refractivity contribution in [3.63, 3.8) is 0 Å². The van der Waals surface area contributed by atoms with Gasteiger partial charge in [-0.1, -0.05) is 23.9 Å². The second-order valence-corrected chi connectivity index (χ2v) is 8.98. The largest absolute Gasteiger partial charge is 0.206 e. The van der Waals surface area contributed by atoms with Gasteiger partial charge in [-0.2, -0.15) is 11.1 Å². The van der Waals surface area contributed by atoms with Gasteiger partial charge in [-0.15, -0.1) is 6.58 Å². The van der Waals surface area contributed by atoms with Gasteiger partial charge < -0.3 is 0 Å². The number of aryl methyl sites for hydroxylation is 1. The van der Waals surface area contributed by atoms with Gasteiger partial charge in [0.1, 0.15) is 0 Å². The van der Waals surface area contributed by atoms with Gasteiger partial charge in [0.15, 0.2) is 0 Å². The molecule has 13 heavy (non-hydrogen) atoms. The molecular weight excluding hydrogens is 196 g/mol. The smallest absolute Gasteiger partial charge is 0.156 e. The number of hydrogen-bond acceptors (Lipinski definition) is 0. The molecule has 0 radical (unpaired) electrons. The Bertz CT molecular complexity index is 329. The van der Waals surface area contributed by atoms with Gasteiger partial charge in [-0.05, 0) is 36.7 Å². The summed E-state index contributed by atoms with van der Waals surface area (Å²) in [6.45, 7) is 10.2. The third-order valence-electron chi connectivity index (χ3n) is 2.51. The molecule has 0 N–H and O–H groups in total. The lowest BCUT2D eigenvalue weighted by molar-refractivity contribution is 1.36. The van der Waals surface area contributed by atoms with E-state index in [1.165, 1.54) is 16.3 Å². The van der Waals surface area contributed by atoms with Crippen LogP contribution in [0.4, 0.5) is 0 Å². The van der Waals surface area contributed by atoms with Crippen LogP contribution in [0.3, 0.4) is 0 Å². The highest BCUT2D eigenvalue weighted by Crippen LogP contribution is 2.14. The van der Waals surface area contributed by atoms with E-state index in [9.17, 15) is 0 Å². The fourth-order valence-electron chi connectivity index (χ4n) is 1.39. The van der Waals surface area contributed by atoms with Crippen LogP contribution in [-0.2, 0) is 0 Å². The molecule has 1 aromatic carbocycles. The van der Waals surface area contributed by atoms with Crippen LogP contribution in [0.15, 0.2) is 30.5 Å². The molecule has 0 heterocycles. The maximum atomic E-state index is 6.44. The quantitative estimate of drug-likeness (QED) is 0.520. The Hall–Kier alpha value is -0.533. The van der Waals surface area contributed by atoms with Crippen LogP contribution in [0.5, 0.6) is 0 Å². The second kappa shape index (κ2) is 3.68. The molecule has 2 heteroatoms. The summed E-state index contributed by atoms with van der Waals surface area (Å²) in [5, 5.41) is 1.28. The molecule has 0 aliphatic carbocycles. The highest BCUT2D eigenvalue weighted by Gasteiger charge is 2.24. The highest BCUT2D eigenvalue weighted by atomic mass is 35.6. The Labute approximate surface area is 86.0 Å². The Kier molecular flexibility index (Phi) is 2.99. The predicted octanol–water partition coefficient (Wildman–Crippen LogP) is 3.05. The van der Waals surface area contributed by atoms with Crippen LogP contribution >= 0.6 is 11.1 Å². The molecule has 70 valence electrons. The molecular formula is C11H15ClSi. The minimum Gasteiger partial charge on any atom is -0.156 e. The topological polar surface area (TPSA) is 0 Å². The van der Waals surface area contributed by atoms with Crippen molar-refractivity contribution in [1.82, 2.24) is 0 Å². The summed E-state index contributed by atoms with van der Waals surface area (Å²) in [4.78, 5) is 0. The fraction of sp³-hybridized carbons (Fsp3) is 0.273. The van der Waals surface area contributed by atoms with E-state index in [1.54, 1.807) is 0 Å². The maximum Gasteiger partial charge on any atom is 0.206 e. The third-order valence-corrected chi connectivity index (χ3v) is 5.95. The fourth-order valence-corrected chi connectivity index (χ4v) is 3.58. The van der Waals surface area contributed by atoms with Gasteiger partial charge >= 0.3 is 0 Å². The van der Waals surface area contributed by atoms with Gasteiger partial charge in [0, 0.05) is 0 Å². The first-order chi connectivity index (χ1) is 5.99. The normalized spacial score (nSPS) is 15.1. The predicted molar refractivity (Wildman–Crippen MR) is 63.2 cm³/mol. The molecule has 0 bridgehead atoms. The Morgan fingerprint density at radius 3 is 2.54 bits per heavy atom. The molecule has 1 unspecified atom stereocenters. The average molecular weight is 211 g/mol. The lowest BCUT2D eigenvalue weighted by Crippen LogP contribution is -2.38. The molecule has 0 nitrogen and oxygen atoms in total. The first-order valence-electron chi connectivity index (χ1n) is 4.38. The van der Waals surface area contributed by atoms with Crippen molar-refractivity contribution in [3.05, 3.63) is 41.6 Å². The monoisotopic (exact) mass is 210 g/mol. The van der Waals surface area contributed by atoms with E-state index in [0.29, 0.717) is 0 Å². The van der Waals surface area contributed by atoms with E-state index in [2.05, 4.69) is 45.2 Å². The van der Waals surface area contributed by atoms with E-state index >= 15 is 0 Å². The molecule has 0 saturated carbocycles. The Morgan fingerprint density at radius 2 is 2.00 bits per heavy atom. The van der Waals surface area contributed by atoms with Crippen molar-refractivity contribution in [1.29, 1.82) is 0 Å². The van der Waals surface area contributed by atoms with Crippen molar-refractivity contribution >= 4 is 23.6 Å². The SMILES string of the molecule is C=C[Si](C)(Cl)c1cccc(C)c1C. The van der Waals surface area contributed by atoms with E-state index in [1.807, 2.05) is 5.70 Å². The van der Waals surface area contributed by atoms with Crippen molar-refractivity contribution in [2.24, 2.45) is 0 Å². The lowest BCUT2D eigenvalue weighted by atomic mass is 10.1. The van der Waals surface area contributed by atoms with Crippen LogP contribution in [0, 0.1) is 13.8 Å². The standard InChI is InChI=1S/C11H15ClSi/c1-5-13(4,12)11-8-6-7-9(2)10(11)3/h5-8H,1H2,2-4H3. The van der Waals surface area contributed by atoms with Crippen LogP contribution in [-0.4, -0.2) is 7.38 Å². The zero-order valence-corrected chi connectivity index (χ0v) is 10.2. The van der Waals surface area contributed by atoms with Crippen LogP contribution in [0.1, 0.15) is 11.1 Å². The summed E-state index contributed by atoms with van der Waals surface area (Å²) in [7, 11) is -1.89.